The van der Waals surface area contributed by atoms with Crippen molar-refractivity contribution in [3.8, 4) is 11.3 Å². The largest absolute Gasteiger partial charge is 0.325 e. The summed E-state index contributed by atoms with van der Waals surface area (Å²) in [7, 11) is -1.60. The molecule has 0 unspecified atom stereocenters. The Hall–Kier alpha value is -2.62. The molecule has 0 radical (unpaired) electrons. The van der Waals surface area contributed by atoms with Gasteiger partial charge in [0.2, 0.25) is 15.9 Å². The van der Waals surface area contributed by atoms with Gasteiger partial charge < -0.3 is 9.88 Å². The normalized spacial score (nSPS) is 14.6. The van der Waals surface area contributed by atoms with Crippen LogP contribution in [0.2, 0.25) is 0 Å². The number of rotatable bonds is 7. The molecule has 1 aromatic heterocycles. The zero-order chi connectivity index (χ0) is 21.8. The molecule has 2 aromatic carbocycles. The minimum Gasteiger partial charge on any atom is -0.325 e. The molecule has 0 saturated carbocycles. The van der Waals surface area contributed by atoms with Crippen LogP contribution in [-0.4, -0.2) is 47.0 Å². The maximum Gasteiger partial charge on any atom is 0.243 e. The number of carbonyl (C=O) groups excluding carboxylic acids is 1. The molecule has 7 nitrogen and oxygen atoms in total. The third kappa shape index (κ3) is 4.84. The number of benzene rings is 2. The highest BCUT2D eigenvalue weighted by Gasteiger charge is 2.27. The Kier molecular flexibility index (Phi) is 6.45. The lowest BCUT2D eigenvalue weighted by Gasteiger charge is -2.16. The van der Waals surface area contributed by atoms with Crippen molar-refractivity contribution < 1.29 is 13.2 Å². The Labute approximate surface area is 186 Å². The Bertz CT molecular complexity index is 1170. The molecular weight excluding hydrogens is 432 g/mol. The van der Waals surface area contributed by atoms with Gasteiger partial charge in [0.25, 0.3) is 0 Å². The Morgan fingerprint density at radius 3 is 2.58 bits per heavy atom. The van der Waals surface area contributed by atoms with Crippen LogP contribution in [0.4, 0.5) is 5.69 Å². The lowest BCUT2D eigenvalue weighted by atomic mass is 10.2. The Balaban J connectivity index is 1.39. The van der Waals surface area contributed by atoms with E-state index in [9.17, 15) is 13.2 Å². The van der Waals surface area contributed by atoms with E-state index < -0.39 is 10.0 Å². The van der Waals surface area contributed by atoms with E-state index in [0.29, 0.717) is 18.8 Å². The Morgan fingerprint density at radius 1 is 1.10 bits per heavy atom. The van der Waals surface area contributed by atoms with Crippen molar-refractivity contribution in [1.29, 1.82) is 0 Å². The summed E-state index contributed by atoms with van der Waals surface area (Å²) in [5, 5.41) is 3.53. The van der Waals surface area contributed by atoms with E-state index in [1.165, 1.54) is 22.1 Å². The number of imidazole rings is 1. The molecule has 1 N–H and O–H groups in total. The molecule has 9 heteroatoms. The zero-order valence-corrected chi connectivity index (χ0v) is 18.8. The van der Waals surface area contributed by atoms with Crippen molar-refractivity contribution in [3.63, 3.8) is 0 Å². The second kappa shape index (κ2) is 9.25. The lowest BCUT2D eigenvalue weighted by molar-refractivity contribution is -0.113. The maximum absolute atomic E-state index is 12.7. The van der Waals surface area contributed by atoms with Crippen molar-refractivity contribution in [2.24, 2.45) is 7.05 Å². The number of anilines is 1. The van der Waals surface area contributed by atoms with Gasteiger partial charge >= 0.3 is 0 Å². The summed E-state index contributed by atoms with van der Waals surface area (Å²) in [5.41, 5.74) is 2.50. The smallest absolute Gasteiger partial charge is 0.243 e. The predicted molar refractivity (Wildman–Crippen MR) is 122 cm³/mol. The highest BCUT2D eigenvalue weighted by atomic mass is 32.2. The summed E-state index contributed by atoms with van der Waals surface area (Å²) in [5.74, 6) is -0.0488. The third-order valence-corrected chi connectivity index (χ3v) is 8.11. The van der Waals surface area contributed by atoms with Gasteiger partial charge in [-0.3, -0.25) is 4.79 Å². The van der Waals surface area contributed by atoms with Crippen molar-refractivity contribution in [1.82, 2.24) is 13.9 Å². The highest BCUT2D eigenvalue weighted by molar-refractivity contribution is 7.99. The molecule has 31 heavy (non-hydrogen) atoms. The average molecular weight is 457 g/mol. The number of aromatic nitrogens is 2. The van der Waals surface area contributed by atoms with E-state index in [0.717, 1.165) is 29.3 Å². The molecule has 1 aliphatic rings. The fourth-order valence-corrected chi connectivity index (χ4v) is 5.86. The monoisotopic (exact) mass is 456 g/mol. The molecule has 162 valence electrons. The average Bonchev–Trinajstić information content (AvgIpc) is 3.44. The van der Waals surface area contributed by atoms with E-state index >= 15 is 0 Å². The lowest BCUT2D eigenvalue weighted by Crippen LogP contribution is -2.28. The number of nitrogens with one attached hydrogen (secondary N) is 1. The number of hydrogen-bond donors (Lipinski definition) is 1. The summed E-state index contributed by atoms with van der Waals surface area (Å²) in [6.07, 6.45) is 3.56. The summed E-state index contributed by atoms with van der Waals surface area (Å²) < 4.78 is 28.9. The molecule has 4 rings (SSSR count). The van der Waals surface area contributed by atoms with E-state index in [2.05, 4.69) is 10.3 Å². The number of amides is 1. The molecule has 1 aliphatic heterocycles. The first-order valence-corrected chi connectivity index (χ1v) is 12.5. The van der Waals surface area contributed by atoms with E-state index in [4.69, 9.17) is 0 Å². The van der Waals surface area contributed by atoms with Crippen LogP contribution >= 0.6 is 11.8 Å². The SMILES string of the molecule is Cn1c(-c2ccccc2)cnc1SCC(=O)Nc1cccc(S(=O)(=O)N2CCCC2)c1. The van der Waals surface area contributed by atoms with Crippen molar-refractivity contribution >= 4 is 33.4 Å². The molecule has 0 aliphatic carbocycles. The molecule has 0 spiro atoms. The fraction of sp³-hybridized carbons (Fsp3) is 0.273. The molecule has 0 bridgehead atoms. The van der Waals surface area contributed by atoms with Crippen LogP contribution in [0.15, 0.2) is 70.8 Å². The number of thioether (sulfide) groups is 1. The topological polar surface area (TPSA) is 84.3 Å². The summed E-state index contributed by atoms with van der Waals surface area (Å²) >= 11 is 1.33. The fourth-order valence-electron chi connectivity index (χ4n) is 3.54. The summed E-state index contributed by atoms with van der Waals surface area (Å²) in [4.78, 5) is 17.1. The van der Waals surface area contributed by atoms with Gasteiger partial charge in [0.15, 0.2) is 5.16 Å². The molecule has 1 amide bonds. The highest BCUT2D eigenvalue weighted by Crippen LogP contribution is 2.26. The van der Waals surface area contributed by atoms with Gasteiger partial charge in [-0.2, -0.15) is 4.31 Å². The second-order valence-corrected chi connectivity index (χ2v) is 10.2. The zero-order valence-electron chi connectivity index (χ0n) is 17.2. The standard InChI is InChI=1S/C22H24N4O3S2/c1-25-20(17-8-3-2-4-9-17)15-23-22(25)30-16-21(27)24-18-10-7-11-19(14-18)31(28,29)26-12-5-6-13-26/h2-4,7-11,14-15H,5-6,12-13,16H2,1H3,(H,24,27). The molecule has 1 fully saturated rings. The van der Waals surface area contributed by atoms with Crippen LogP contribution < -0.4 is 5.32 Å². The van der Waals surface area contributed by atoms with E-state index in [-0.39, 0.29) is 16.6 Å². The van der Waals surface area contributed by atoms with Crippen LogP contribution in [0.5, 0.6) is 0 Å². The van der Waals surface area contributed by atoms with Crippen molar-refractivity contribution in [3.05, 3.63) is 60.8 Å². The van der Waals surface area contributed by atoms with Gasteiger partial charge in [0.1, 0.15) is 0 Å². The minimum atomic E-state index is -3.52. The molecule has 0 atom stereocenters. The van der Waals surface area contributed by atoms with E-state index in [1.807, 2.05) is 41.9 Å². The maximum atomic E-state index is 12.7. The number of carbonyl (C=O) groups is 1. The molecular formula is C22H24N4O3S2. The first kappa shape index (κ1) is 21.6. The quantitative estimate of drug-likeness (QED) is 0.549. The van der Waals surface area contributed by atoms with Gasteiger partial charge in [-0.25, -0.2) is 13.4 Å². The van der Waals surface area contributed by atoms with Crippen LogP contribution in [0.1, 0.15) is 12.8 Å². The Morgan fingerprint density at radius 2 is 1.84 bits per heavy atom. The van der Waals surface area contributed by atoms with E-state index in [1.54, 1.807) is 24.4 Å². The molecule has 1 saturated heterocycles. The van der Waals surface area contributed by atoms with Crippen LogP contribution in [0, 0.1) is 0 Å². The van der Waals surface area contributed by atoms with Gasteiger partial charge in [0, 0.05) is 25.8 Å². The predicted octanol–water partition coefficient (Wildman–Crippen LogP) is 3.60. The van der Waals surface area contributed by atoms with Gasteiger partial charge in [-0.15, -0.1) is 0 Å². The van der Waals surface area contributed by atoms with Crippen molar-refractivity contribution in [2.45, 2.75) is 22.9 Å². The van der Waals surface area contributed by atoms with Crippen LogP contribution in [-0.2, 0) is 21.9 Å². The number of sulfonamides is 1. The number of nitrogens with zero attached hydrogens (tertiary/aromatic N) is 3. The molecule has 3 aromatic rings. The minimum absolute atomic E-state index is 0.169. The summed E-state index contributed by atoms with van der Waals surface area (Å²) in [6, 6.07) is 16.4. The van der Waals surface area contributed by atoms with Gasteiger partial charge in [0.05, 0.1) is 22.5 Å². The van der Waals surface area contributed by atoms with Crippen LogP contribution in [0.25, 0.3) is 11.3 Å². The van der Waals surface area contributed by atoms with Gasteiger partial charge in [-0.1, -0.05) is 48.2 Å². The second-order valence-electron chi connectivity index (χ2n) is 7.33. The summed E-state index contributed by atoms with van der Waals surface area (Å²) in [6.45, 7) is 1.09. The number of hydrogen-bond acceptors (Lipinski definition) is 5. The van der Waals surface area contributed by atoms with Gasteiger partial charge in [-0.05, 0) is 36.6 Å². The molecule has 2 heterocycles. The van der Waals surface area contributed by atoms with Crippen molar-refractivity contribution in [2.75, 3.05) is 24.2 Å². The first-order chi connectivity index (χ1) is 14.9. The van der Waals surface area contributed by atoms with Crippen LogP contribution in [0.3, 0.4) is 0 Å². The third-order valence-electron chi connectivity index (χ3n) is 5.17. The first-order valence-electron chi connectivity index (χ1n) is 10.0.